The molecule has 2 aromatic carbocycles. The van der Waals surface area contributed by atoms with Gasteiger partial charge in [0.15, 0.2) is 5.78 Å². The van der Waals surface area contributed by atoms with E-state index in [0.717, 1.165) is 6.92 Å². The summed E-state index contributed by atoms with van der Waals surface area (Å²) in [5.74, 6) is -2.23. The van der Waals surface area contributed by atoms with E-state index in [4.69, 9.17) is 19.0 Å². The maximum absolute atomic E-state index is 12.9. The molecule has 0 aliphatic heterocycles. The average Bonchev–Trinajstić information content (AvgIpc) is 2.79. The van der Waals surface area contributed by atoms with Crippen molar-refractivity contribution in [2.24, 2.45) is 0 Å². The summed E-state index contributed by atoms with van der Waals surface area (Å²) in [7, 11) is 0. The van der Waals surface area contributed by atoms with Gasteiger partial charge in [-0.2, -0.15) is 5.48 Å². The third-order valence-electron chi connectivity index (χ3n) is 4.17. The summed E-state index contributed by atoms with van der Waals surface area (Å²) in [6, 6.07) is 17.6. The summed E-state index contributed by atoms with van der Waals surface area (Å²) < 4.78 is 15.3. The quantitative estimate of drug-likeness (QED) is 0.187. The summed E-state index contributed by atoms with van der Waals surface area (Å²) in [5, 5.41) is 2.07. The van der Waals surface area contributed by atoms with Gasteiger partial charge in [-0.1, -0.05) is 60.7 Å². The van der Waals surface area contributed by atoms with Crippen molar-refractivity contribution in [2.75, 3.05) is 0 Å². The number of carbonyl (C=O) groups excluding carboxylic acids is 4. The van der Waals surface area contributed by atoms with Crippen molar-refractivity contribution in [1.29, 1.82) is 0 Å². The van der Waals surface area contributed by atoms with E-state index in [2.05, 4.69) is 5.32 Å². The minimum Gasteiger partial charge on any atom is -0.456 e. The topological polar surface area (TPSA) is 129 Å². The first-order valence-corrected chi connectivity index (χ1v) is 10.4. The van der Waals surface area contributed by atoms with Crippen LogP contribution in [0.3, 0.4) is 0 Å². The Labute approximate surface area is 197 Å². The summed E-state index contributed by atoms with van der Waals surface area (Å²) in [6.45, 7) is 5.43. The first kappa shape index (κ1) is 26.3. The predicted molar refractivity (Wildman–Crippen MR) is 120 cm³/mol. The van der Waals surface area contributed by atoms with E-state index < -0.39 is 35.3 Å². The zero-order valence-corrected chi connectivity index (χ0v) is 19.5. The van der Waals surface area contributed by atoms with Gasteiger partial charge in [-0.3, -0.25) is 10.1 Å². The monoisotopic (exact) mass is 472 g/mol. The van der Waals surface area contributed by atoms with Gasteiger partial charge in [-0.15, -0.1) is 0 Å². The van der Waals surface area contributed by atoms with E-state index in [9.17, 15) is 19.2 Å². The molecule has 0 heterocycles. The van der Waals surface area contributed by atoms with E-state index in [1.54, 1.807) is 81.4 Å². The third-order valence-corrected chi connectivity index (χ3v) is 4.17. The van der Waals surface area contributed by atoms with Crippen LogP contribution in [-0.4, -0.2) is 35.3 Å². The van der Waals surface area contributed by atoms with Crippen LogP contribution in [0.15, 0.2) is 60.7 Å². The van der Waals surface area contributed by atoms with Crippen LogP contribution in [0.5, 0.6) is 0 Å². The van der Waals surface area contributed by atoms with Crippen molar-refractivity contribution in [3.8, 4) is 0 Å². The van der Waals surface area contributed by atoms with Crippen molar-refractivity contribution < 1.29 is 38.2 Å². The van der Waals surface area contributed by atoms with Crippen LogP contribution in [-0.2, 0) is 41.9 Å². The molecule has 182 valence electrons. The molecule has 2 amide bonds. The molecule has 1 atom stereocenters. The number of hydroxylamine groups is 1. The number of benzene rings is 2. The molecule has 0 aliphatic carbocycles. The summed E-state index contributed by atoms with van der Waals surface area (Å²) in [5.41, 5.74) is -0.512. The summed E-state index contributed by atoms with van der Waals surface area (Å²) >= 11 is 0. The molecule has 0 bridgehead atoms. The summed E-state index contributed by atoms with van der Waals surface area (Å²) in [6.07, 6.45) is -2.25. The second kappa shape index (κ2) is 11.8. The standard InChI is InChI=1S/C24H28N2O8/c1-17(27)24(20(28)33-23(2,3)4,25-21(29)31-15-18-11-7-5-8-12-18)34-26-22(30)32-16-19-13-9-6-10-14-19/h5-14H,15-16H2,1-4H3,(H,25,29)(H,26,30). The highest BCUT2D eigenvalue weighted by molar-refractivity contribution is 6.08. The van der Waals surface area contributed by atoms with Crippen molar-refractivity contribution in [2.45, 2.75) is 52.2 Å². The highest BCUT2D eigenvalue weighted by Crippen LogP contribution is 2.18. The minimum absolute atomic E-state index is 0.0952. The van der Waals surface area contributed by atoms with Gasteiger partial charge < -0.3 is 14.2 Å². The van der Waals surface area contributed by atoms with E-state index in [-0.39, 0.29) is 13.2 Å². The molecule has 10 nitrogen and oxygen atoms in total. The summed E-state index contributed by atoms with van der Waals surface area (Å²) in [4.78, 5) is 55.1. The number of hydrogen-bond donors (Lipinski definition) is 2. The Morgan fingerprint density at radius 3 is 1.68 bits per heavy atom. The number of amides is 2. The first-order valence-electron chi connectivity index (χ1n) is 10.4. The van der Waals surface area contributed by atoms with Crippen LogP contribution in [0.25, 0.3) is 0 Å². The van der Waals surface area contributed by atoms with Crippen molar-refractivity contribution in [1.82, 2.24) is 10.8 Å². The lowest BCUT2D eigenvalue weighted by molar-refractivity contribution is -0.197. The highest BCUT2D eigenvalue weighted by Gasteiger charge is 2.51. The van der Waals surface area contributed by atoms with E-state index in [1.807, 2.05) is 5.48 Å². The Balaban J connectivity index is 2.12. The molecule has 1 unspecified atom stereocenters. The molecule has 0 aliphatic rings. The normalized spacial score (nSPS) is 12.6. The third kappa shape index (κ3) is 8.21. The Kier molecular flexibility index (Phi) is 9.14. The Bertz CT molecular complexity index is 989. The van der Waals surface area contributed by atoms with Gasteiger partial charge in [-0.25, -0.2) is 19.2 Å². The zero-order valence-electron chi connectivity index (χ0n) is 19.5. The van der Waals surface area contributed by atoms with E-state index >= 15 is 0 Å². The molecule has 10 heteroatoms. The van der Waals surface area contributed by atoms with Crippen molar-refractivity contribution in [3.63, 3.8) is 0 Å². The van der Waals surface area contributed by atoms with Gasteiger partial charge in [0.1, 0.15) is 18.8 Å². The predicted octanol–water partition coefficient (Wildman–Crippen LogP) is 3.40. The molecule has 0 saturated heterocycles. The van der Waals surface area contributed by atoms with Gasteiger partial charge in [0.2, 0.25) is 0 Å². The Morgan fingerprint density at radius 1 is 0.765 bits per heavy atom. The van der Waals surface area contributed by atoms with Crippen molar-refractivity contribution in [3.05, 3.63) is 71.8 Å². The molecule has 2 N–H and O–H groups in total. The number of carbonyl (C=O) groups is 4. The van der Waals surface area contributed by atoms with E-state index in [0.29, 0.717) is 11.1 Å². The van der Waals surface area contributed by atoms with Crippen LogP contribution in [0.4, 0.5) is 9.59 Å². The maximum atomic E-state index is 12.9. The fourth-order valence-electron chi connectivity index (χ4n) is 2.55. The van der Waals surface area contributed by atoms with E-state index in [1.165, 1.54) is 0 Å². The number of Topliss-reactive ketones (excluding diaryl/α,β-unsaturated/α-hetero) is 1. The number of hydrogen-bond acceptors (Lipinski definition) is 8. The fraction of sp³-hybridized carbons (Fsp3) is 0.333. The van der Waals surface area contributed by atoms with Gasteiger partial charge in [0.25, 0.3) is 0 Å². The molecular weight excluding hydrogens is 444 g/mol. The molecule has 34 heavy (non-hydrogen) atoms. The van der Waals surface area contributed by atoms with Crippen LogP contribution < -0.4 is 10.8 Å². The molecule has 2 rings (SSSR count). The van der Waals surface area contributed by atoms with Crippen LogP contribution >= 0.6 is 0 Å². The molecule has 0 saturated carbocycles. The minimum atomic E-state index is -2.72. The lowest BCUT2D eigenvalue weighted by Crippen LogP contribution is -2.65. The highest BCUT2D eigenvalue weighted by atomic mass is 16.7. The first-order chi connectivity index (χ1) is 16.0. The molecular formula is C24H28N2O8. The number of alkyl carbamates (subject to hydrolysis) is 1. The van der Waals surface area contributed by atoms with Crippen LogP contribution in [0, 0.1) is 0 Å². The Hall–Kier alpha value is -3.92. The number of esters is 1. The molecule has 0 spiro atoms. The largest absolute Gasteiger partial charge is 0.456 e. The zero-order chi connectivity index (χ0) is 25.2. The lowest BCUT2D eigenvalue weighted by atomic mass is 10.1. The molecule has 0 aromatic heterocycles. The number of nitrogens with one attached hydrogen (secondary N) is 2. The smallest absolute Gasteiger partial charge is 0.431 e. The van der Waals surface area contributed by atoms with Gasteiger partial charge >= 0.3 is 23.9 Å². The van der Waals surface area contributed by atoms with Gasteiger partial charge in [0.05, 0.1) is 0 Å². The van der Waals surface area contributed by atoms with Gasteiger partial charge in [0, 0.05) is 6.92 Å². The van der Waals surface area contributed by atoms with Crippen LogP contribution in [0.2, 0.25) is 0 Å². The molecule has 0 radical (unpaired) electrons. The Morgan fingerprint density at radius 2 is 1.24 bits per heavy atom. The lowest BCUT2D eigenvalue weighted by Gasteiger charge is -2.31. The number of rotatable bonds is 9. The SMILES string of the molecule is CC(=O)C(NC(=O)OCc1ccccc1)(ONC(=O)OCc1ccccc1)C(=O)OC(C)(C)C. The number of ketones is 1. The fourth-order valence-corrected chi connectivity index (χ4v) is 2.55. The molecule has 2 aromatic rings. The maximum Gasteiger partial charge on any atom is 0.431 e. The van der Waals surface area contributed by atoms with Gasteiger partial charge in [-0.05, 0) is 31.9 Å². The number of ether oxygens (including phenoxy) is 3. The van der Waals surface area contributed by atoms with Crippen molar-refractivity contribution >= 4 is 23.9 Å². The second-order valence-corrected chi connectivity index (χ2v) is 8.19. The molecule has 0 fully saturated rings. The second-order valence-electron chi connectivity index (χ2n) is 8.19. The average molecular weight is 472 g/mol. The van der Waals surface area contributed by atoms with Crippen LogP contribution in [0.1, 0.15) is 38.8 Å².